The molecule has 0 radical (unpaired) electrons. The first-order chi connectivity index (χ1) is 15.9. The van der Waals surface area contributed by atoms with E-state index < -0.39 is 6.10 Å². The molecule has 178 valence electrons. The number of nitrogens with zero attached hydrogens (tertiary/aromatic N) is 3. The number of pyridine rings is 1. The Hall–Kier alpha value is -1.97. The Morgan fingerprint density at radius 1 is 1.15 bits per heavy atom. The number of ether oxygens (including phenoxy) is 2. The zero-order chi connectivity index (χ0) is 23.0. The lowest BCUT2D eigenvalue weighted by molar-refractivity contribution is -0.122. The van der Waals surface area contributed by atoms with E-state index in [2.05, 4.69) is 33.1 Å². The summed E-state index contributed by atoms with van der Waals surface area (Å²) in [5, 5.41) is 16.0. The van der Waals surface area contributed by atoms with Crippen molar-refractivity contribution in [2.24, 2.45) is 5.92 Å². The van der Waals surface area contributed by atoms with Crippen molar-refractivity contribution in [3.05, 3.63) is 29.4 Å². The highest BCUT2D eigenvalue weighted by Crippen LogP contribution is 2.34. The van der Waals surface area contributed by atoms with Crippen molar-refractivity contribution in [1.29, 1.82) is 0 Å². The first kappa shape index (κ1) is 22.8. The molecule has 0 aliphatic carbocycles. The van der Waals surface area contributed by atoms with Gasteiger partial charge in [0.15, 0.2) is 0 Å². The standard InChI is InChI=1S/C24H31ClN4O4/c1-24(15-33-14-21(24)30)29-6-4-28(5-7-29)20-11-17-12-22(26-13-18(17)10-19(20)25)27-23(31)16-2-8-32-9-3-16/h10-13,16,21,30H,2-9,14-15H2,1H3,(H,26,27,31)/t21-,24+/m1/s1. The Balaban J connectivity index is 1.30. The van der Waals surface area contributed by atoms with Crippen molar-refractivity contribution in [3.63, 3.8) is 0 Å². The summed E-state index contributed by atoms with van der Waals surface area (Å²) in [6, 6.07) is 5.93. The quantitative estimate of drug-likeness (QED) is 0.704. The fraction of sp³-hybridized carbons (Fsp3) is 0.583. The van der Waals surface area contributed by atoms with Gasteiger partial charge in [0, 0.05) is 56.9 Å². The fourth-order valence-corrected chi connectivity index (χ4v) is 5.36. The van der Waals surface area contributed by atoms with Crippen molar-refractivity contribution < 1.29 is 19.4 Å². The van der Waals surface area contributed by atoms with E-state index in [0.717, 1.165) is 55.5 Å². The molecule has 3 fully saturated rings. The molecule has 8 nitrogen and oxygen atoms in total. The van der Waals surface area contributed by atoms with Gasteiger partial charge < -0.3 is 24.8 Å². The number of amides is 1. The zero-order valence-electron chi connectivity index (χ0n) is 18.9. The van der Waals surface area contributed by atoms with Gasteiger partial charge in [0.25, 0.3) is 0 Å². The predicted molar refractivity (Wildman–Crippen MR) is 128 cm³/mol. The Morgan fingerprint density at radius 2 is 1.91 bits per heavy atom. The van der Waals surface area contributed by atoms with Crippen molar-refractivity contribution >= 4 is 39.8 Å². The number of hydrogen-bond acceptors (Lipinski definition) is 7. The number of aliphatic hydroxyl groups excluding tert-OH is 1. The van der Waals surface area contributed by atoms with E-state index in [0.29, 0.717) is 37.3 Å². The van der Waals surface area contributed by atoms with E-state index in [1.807, 2.05) is 12.1 Å². The molecule has 0 saturated carbocycles. The molecule has 1 aromatic heterocycles. The molecule has 9 heteroatoms. The van der Waals surface area contributed by atoms with Crippen molar-refractivity contribution in [2.75, 3.05) is 62.8 Å². The number of piperazine rings is 1. The molecule has 2 aromatic rings. The maximum absolute atomic E-state index is 12.6. The van der Waals surface area contributed by atoms with Crippen molar-refractivity contribution in [3.8, 4) is 0 Å². The molecule has 3 aliphatic rings. The molecule has 5 rings (SSSR count). The van der Waals surface area contributed by atoms with Crippen LogP contribution in [0.1, 0.15) is 19.8 Å². The van der Waals surface area contributed by atoms with Gasteiger partial charge in [-0.3, -0.25) is 9.69 Å². The monoisotopic (exact) mass is 474 g/mol. The number of halogens is 1. The summed E-state index contributed by atoms with van der Waals surface area (Å²) in [4.78, 5) is 21.6. The molecule has 1 aromatic carbocycles. The number of nitrogens with one attached hydrogen (secondary N) is 1. The van der Waals surface area contributed by atoms with Crippen LogP contribution in [0, 0.1) is 5.92 Å². The zero-order valence-corrected chi connectivity index (χ0v) is 19.7. The van der Waals surface area contributed by atoms with Gasteiger partial charge in [-0.25, -0.2) is 4.98 Å². The normalized spacial score (nSPS) is 27.2. The Bertz CT molecular complexity index is 1020. The number of hydrogen-bond donors (Lipinski definition) is 2. The molecular weight excluding hydrogens is 444 g/mol. The molecule has 0 bridgehead atoms. The van der Waals surface area contributed by atoms with E-state index in [4.69, 9.17) is 21.1 Å². The molecule has 2 atom stereocenters. The molecule has 3 saturated heterocycles. The number of anilines is 2. The number of fused-ring (bicyclic) bond motifs is 1. The molecule has 0 unspecified atom stereocenters. The van der Waals surface area contributed by atoms with Gasteiger partial charge in [0.05, 0.1) is 35.6 Å². The van der Waals surface area contributed by atoms with Crippen LogP contribution in [0.5, 0.6) is 0 Å². The van der Waals surface area contributed by atoms with Crippen LogP contribution in [-0.4, -0.2) is 85.1 Å². The number of carbonyl (C=O) groups is 1. The van der Waals surface area contributed by atoms with Crippen LogP contribution in [0.25, 0.3) is 10.8 Å². The molecule has 2 N–H and O–H groups in total. The molecule has 3 aliphatic heterocycles. The number of aliphatic hydroxyl groups is 1. The minimum atomic E-state index is -0.462. The lowest BCUT2D eigenvalue weighted by Crippen LogP contribution is -2.60. The molecular formula is C24H31ClN4O4. The van der Waals surface area contributed by atoms with E-state index in [1.165, 1.54) is 0 Å². The summed E-state index contributed by atoms with van der Waals surface area (Å²) in [5.74, 6) is 0.529. The second-order valence-corrected chi connectivity index (χ2v) is 9.87. The third-order valence-electron chi connectivity index (χ3n) is 7.36. The van der Waals surface area contributed by atoms with Gasteiger partial charge in [-0.1, -0.05) is 11.6 Å². The summed E-state index contributed by atoms with van der Waals surface area (Å²) in [5.41, 5.74) is 0.646. The minimum Gasteiger partial charge on any atom is -0.389 e. The van der Waals surface area contributed by atoms with E-state index in [9.17, 15) is 9.90 Å². The highest BCUT2D eigenvalue weighted by Gasteiger charge is 2.44. The van der Waals surface area contributed by atoms with Gasteiger partial charge in [0.2, 0.25) is 5.91 Å². The molecule has 1 amide bonds. The summed E-state index contributed by atoms with van der Waals surface area (Å²) in [7, 11) is 0. The average molecular weight is 475 g/mol. The Labute approximate surface area is 198 Å². The highest BCUT2D eigenvalue weighted by atomic mass is 35.5. The van der Waals surface area contributed by atoms with Crippen LogP contribution >= 0.6 is 11.6 Å². The maximum Gasteiger partial charge on any atom is 0.228 e. The maximum atomic E-state index is 12.6. The third-order valence-corrected chi connectivity index (χ3v) is 7.66. The predicted octanol–water partition coefficient (Wildman–Crippen LogP) is 2.53. The summed E-state index contributed by atoms with van der Waals surface area (Å²) in [6.07, 6.45) is 2.78. The van der Waals surface area contributed by atoms with Crippen molar-refractivity contribution in [2.45, 2.75) is 31.4 Å². The number of benzene rings is 1. The van der Waals surface area contributed by atoms with Crippen LogP contribution in [0.4, 0.5) is 11.5 Å². The van der Waals surface area contributed by atoms with E-state index >= 15 is 0 Å². The largest absolute Gasteiger partial charge is 0.389 e. The van der Waals surface area contributed by atoms with E-state index in [-0.39, 0.29) is 17.4 Å². The van der Waals surface area contributed by atoms with Gasteiger partial charge in [-0.15, -0.1) is 0 Å². The first-order valence-electron chi connectivity index (χ1n) is 11.7. The average Bonchev–Trinajstić information content (AvgIpc) is 3.18. The minimum absolute atomic E-state index is 0.00188. The van der Waals surface area contributed by atoms with Gasteiger partial charge in [0.1, 0.15) is 5.82 Å². The second kappa shape index (κ2) is 9.35. The number of aromatic nitrogens is 1. The molecule has 4 heterocycles. The summed E-state index contributed by atoms with van der Waals surface area (Å²) >= 11 is 6.65. The number of carbonyl (C=O) groups excluding carboxylic acids is 1. The third kappa shape index (κ3) is 4.55. The van der Waals surface area contributed by atoms with Crippen LogP contribution in [-0.2, 0) is 14.3 Å². The Kier molecular flexibility index (Phi) is 6.46. The summed E-state index contributed by atoms with van der Waals surface area (Å²) < 4.78 is 10.9. The lowest BCUT2D eigenvalue weighted by atomic mass is 9.95. The molecule has 33 heavy (non-hydrogen) atoms. The lowest BCUT2D eigenvalue weighted by Gasteiger charge is -2.45. The first-order valence-corrected chi connectivity index (χ1v) is 12.1. The fourth-order valence-electron chi connectivity index (χ4n) is 5.07. The van der Waals surface area contributed by atoms with Crippen LogP contribution in [0.3, 0.4) is 0 Å². The van der Waals surface area contributed by atoms with Gasteiger partial charge >= 0.3 is 0 Å². The molecule has 0 spiro atoms. The van der Waals surface area contributed by atoms with Gasteiger partial charge in [-0.2, -0.15) is 0 Å². The smallest absolute Gasteiger partial charge is 0.228 e. The summed E-state index contributed by atoms with van der Waals surface area (Å²) in [6.45, 7) is 7.56. The van der Waals surface area contributed by atoms with Crippen LogP contribution in [0.15, 0.2) is 24.4 Å². The van der Waals surface area contributed by atoms with Gasteiger partial charge in [-0.05, 0) is 43.4 Å². The second-order valence-electron chi connectivity index (χ2n) is 9.46. The number of rotatable bonds is 4. The topological polar surface area (TPSA) is 87.2 Å². The Morgan fingerprint density at radius 3 is 2.61 bits per heavy atom. The van der Waals surface area contributed by atoms with E-state index in [1.54, 1.807) is 6.20 Å². The SMILES string of the molecule is C[C@]1(N2CCN(c3cc4cc(NC(=O)C5CCOCC5)ncc4cc3Cl)CC2)COC[C@H]1O. The highest BCUT2D eigenvalue weighted by molar-refractivity contribution is 6.34. The van der Waals surface area contributed by atoms with Crippen LogP contribution < -0.4 is 10.2 Å². The van der Waals surface area contributed by atoms with Crippen LogP contribution in [0.2, 0.25) is 5.02 Å². The van der Waals surface area contributed by atoms with Crippen molar-refractivity contribution in [1.82, 2.24) is 9.88 Å².